The van der Waals surface area contributed by atoms with Crippen molar-refractivity contribution in [2.24, 2.45) is 0 Å². The van der Waals surface area contributed by atoms with E-state index in [1.54, 1.807) is 18.2 Å². The summed E-state index contributed by atoms with van der Waals surface area (Å²) >= 11 is 11.7. The van der Waals surface area contributed by atoms with Gasteiger partial charge < -0.3 is 5.32 Å². The molecule has 0 saturated heterocycles. The largest absolute Gasteiger partial charge is 0.378 e. The highest BCUT2D eigenvalue weighted by molar-refractivity contribution is 6.33. The van der Waals surface area contributed by atoms with Crippen molar-refractivity contribution in [2.75, 3.05) is 5.32 Å². The zero-order valence-electron chi connectivity index (χ0n) is 9.48. The van der Waals surface area contributed by atoms with Crippen LogP contribution in [0.5, 0.6) is 0 Å². The van der Waals surface area contributed by atoms with Crippen LogP contribution in [0.4, 0.5) is 18.9 Å². The first-order valence-electron chi connectivity index (χ1n) is 5.29. The van der Waals surface area contributed by atoms with E-state index in [2.05, 4.69) is 5.32 Å². The van der Waals surface area contributed by atoms with Crippen molar-refractivity contribution in [3.63, 3.8) is 0 Å². The van der Waals surface area contributed by atoms with Gasteiger partial charge in [0.05, 0.1) is 5.69 Å². The van der Waals surface area contributed by atoms with Gasteiger partial charge in [0.25, 0.3) is 0 Å². The molecule has 100 valence electrons. The monoisotopic (exact) mass is 305 g/mol. The van der Waals surface area contributed by atoms with Crippen LogP contribution < -0.4 is 5.32 Å². The Bertz CT molecular complexity index is 617. The Morgan fingerprint density at radius 3 is 2.32 bits per heavy atom. The summed E-state index contributed by atoms with van der Waals surface area (Å²) in [5.74, 6) is -3.23. The van der Waals surface area contributed by atoms with Gasteiger partial charge in [-0.15, -0.1) is 0 Å². The van der Waals surface area contributed by atoms with Gasteiger partial charge in [-0.1, -0.05) is 23.2 Å². The van der Waals surface area contributed by atoms with E-state index in [1.165, 1.54) is 0 Å². The quantitative estimate of drug-likeness (QED) is 0.785. The lowest BCUT2D eigenvalue weighted by Gasteiger charge is -2.10. The second-order valence-electron chi connectivity index (χ2n) is 3.84. The SMILES string of the molecule is Fc1cc(F)c(NCc2cc(Cl)ccc2Cl)cc1F. The number of hydrogen-bond donors (Lipinski definition) is 1. The first-order valence-corrected chi connectivity index (χ1v) is 6.05. The van der Waals surface area contributed by atoms with Crippen LogP contribution in [-0.4, -0.2) is 0 Å². The molecule has 0 spiro atoms. The minimum atomic E-state index is -1.23. The molecule has 2 aromatic carbocycles. The Morgan fingerprint density at radius 2 is 1.58 bits per heavy atom. The highest BCUT2D eigenvalue weighted by atomic mass is 35.5. The molecule has 0 aliphatic carbocycles. The molecule has 6 heteroatoms. The molecule has 0 heterocycles. The molecule has 0 aliphatic rings. The molecule has 0 bridgehead atoms. The third kappa shape index (κ3) is 3.33. The van der Waals surface area contributed by atoms with E-state index < -0.39 is 17.5 Å². The molecular formula is C13H8Cl2F3N. The number of hydrogen-bond acceptors (Lipinski definition) is 1. The normalized spacial score (nSPS) is 10.6. The van der Waals surface area contributed by atoms with E-state index in [4.69, 9.17) is 23.2 Å². The molecule has 1 nitrogen and oxygen atoms in total. The summed E-state index contributed by atoms with van der Waals surface area (Å²) in [7, 11) is 0. The van der Waals surface area contributed by atoms with Crippen molar-refractivity contribution in [1.29, 1.82) is 0 Å². The Hall–Kier alpha value is -1.39. The second-order valence-corrected chi connectivity index (χ2v) is 4.68. The summed E-state index contributed by atoms with van der Waals surface area (Å²) in [4.78, 5) is 0. The Morgan fingerprint density at radius 1 is 0.895 bits per heavy atom. The predicted octanol–water partition coefficient (Wildman–Crippen LogP) is 5.02. The van der Waals surface area contributed by atoms with E-state index in [9.17, 15) is 13.2 Å². The van der Waals surface area contributed by atoms with Crippen molar-refractivity contribution < 1.29 is 13.2 Å². The summed E-state index contributed by atoms with van der Waals surface area (Å²) in [5, 5.41) is 3.56. The van der Waals surface area contributed by atoms with E-state index in [0.717, 1.165) is 6.07 Å². The zero-order valence-corrected chi connectivity index (χ0v) is 11.0. The molecule has 0 amide bonds. The molecule has 0 fully saturated rings. The Kier molecular flexibility index (Phi) is 4.22. The predicted molar refractivity (Wildman–Crippen MR) is 70.1 cm³/mol. The minimum absolute atomic E-state index is 0.140. The Balaban J connectivity index is 2.19. The van der Waals surface area contributed by atoms with Gasteiger partial charge in [0.1, 0.15) is 5.82 Å². The molecule has 19 heavy (non-hydrogen) atoms. The van der Waals surface area contributed by atoms with Gasteiger partial charge in [0, 0.05) is 28.7 Å². The maximum absolute atomic E-state index is 13.4. The summed E-state index contributed by atoms with van der Waals surface area (Å²) in [6.45, 7) is 0.140. The van der Waals surface area contributed by atoms with Crippen molar-refractivity contribution in [2.45, 2.75) is 6.54 Å². The van der Waals surface area contributed by atoms with Crippen LogP contribution in [0, 0.1) is 17.5 Å². The fraction of sp³-hybridized carbons (Fsp3) is 0.0769. The fourth-order valence-electron chi connectivity index (χ4n) is 1.53. The molecule has 0 saturated carbocycles. The molecule has 2 aromatic rings. The topological polar surface area (TPSA) is 12.0 Å². The average molecular weight is 306 g/mol. The summed E-state index contributed by atoms with van der Waals surface area (Å²) in [6, 6.07) is 6.06. The Labute approximate surface area is 118 Å². The van der Waals surface area contributed by atoms with Crippen LogP contribution in [0.2, 0.25) is 10.0 Å². The standard InChI is InChI=1S/C13H8Cl2F3N/c14-8-1-2-9(15)7(3-8)6-19-13-5-11(17)10(16)4-12(13)18/h1-5,19H,6H2. The van der Waals surface area contributed by atoms with Gasteiger partial charge in [-0.3, -0.25) is 0 Å². The summed E-state index contributed by atoms with van der Waals surface area (Å²) < 4.78 is 39.1. The highest BCUT2D eigenvalue weighted by Crippen LogP contribution is 2.23. The van der Waals surface area contributed by atoms with Crippen LogP contribution >= 0.6 is 23.2 Å². The van der Waals surface area contributed by atoms with Crippen LogP contribution in [0.25, 0.3) is 0 Å². The van der Waals surface area contributed by atoms with Crippen LogP contribution in [-0.2, 0) is 6.54 Å². The van der Waals surface area contributed by atoms with Crippen LogP contribution in [0.15, 0.2) is 30.3 Å². The van der Waals surface area contributed by atoms with Gasteiger partial charge in [0.15, 0.2) is 11.6 Å². The van der Waals surface area contributed by atoms with Crippen molar-refractivity contribution in [3.05, 3.63) is 63.4 Å². The number of anilines is 1. The van der Waals surface area contributed by atoms with Gasteiger partial charge in [-0.2, -0.15) is 0 Å². The van der Waals surface area contributed by atoms with Gasteiger partial charge >= 0.3 is 0 Å². The minimum Gasteiger partial charge on any atom is -0.378 e. The average Bonchev–Trinajstić information content (AvgIpc) is 2.36. The smallest absolute Gasteiger partial charge is 0.161 e. The maximum atomic E-state index is 13.4. The van der Waals surface area contributed by atoms with E-state index in [-0.39, 0.29) is 12.2 Å². The van der Waals surface area contributed by atoms with Crippen molar-refractivity contribution >= 4 is 28.9 Å². The fourth-order valence-corrected chi connectivity index (χ4v) is 1.91. The third-order valence-corrected chi connectivity index (χ3v) is 3.09. The number of halogens is 5. The number of rotatable bonds is 3. The molecule has 0 unspecified atom stereocenters. The van der Waals surface area contributed by atoms with E-state index in [0.29, 0.717) is 21.7 Å². The highest BCUT2D eigenvalue weighted by Gasteiger charge is 2.10. The van der Waals surface area contributed by atoms with Crippen molar-refractivity contribution in [1.82, 2.24) is 0 Å². The number of nitrogens with one attached hydrogen (secondary N) is 1. The summed E-state index contributed by atoms with van der Waals surface area (Å²) in [6.07, 6.45) is 0. The third-order valence-electron chi connectivity index (χ3n) is 2.49. The molecular weight excluding hydrogens is 298 g/mol. The molecule has 1 N–H and O–H groups in total. The van der Waals surface area contributed by atoms with Gasteiger partial charge in [-0.25, -0.2) is 13.2 Å². The lowest BCUT2D eigenvalue weighted by Crippen LogP contribution is -2.03. The second kappa shape index (κ2) is 5.72. The zero-order chi connectivity index (χ0) is 14.0. The van der Waals surface area contributed by atoms with E-state index in [1.807, 2.05) is 0 Å². The first kappa shape index (κ1) is 14.0. The molecule has 0 radical (unpaired) electrons. The van der Waals surface area contributed by atoms with Crippen molar-refractivity contribution in [3.8, 4) is 0 Å². The number of benzene rings is 2. The lowest BCUT2D eigenvalue weighted by atomic mass is 10.2. The van der Waals surface area contributed by atoms with Crippen LogP contribution in [0.1, 0.15) is 5.56 Å². The van der Waals surface area contributed by atoms with Gasteiger partial charge in [-0.05, 0) is 23.8 Å². The van der Waals surface area contributed by atoms with Crippen LogP contribution in [0.3, 0.4) is 0 Å². The molecule has 0 aromatic heterocycles. The van der Waals surface area contributed by atoms with Gasteiger partial charge in [0.2, 0.25) is 0 Å². The molecule has 0 atom stereocenters. The molecule has 0 aliphatic heterocycles. The molecule has 2 rings (SSSR count). The maximum Gasteiger partial charge on any atom is 0.161 e. The van der Waals surface area contributed by atoms with E-state index >= 15 is 0 Å². The first-order chi connectivity index (χ1) is 8.97. The summed E-state index contributed by atoms with van der Waals surface area (Å²) in [5.41, 5.74) is 0.480. The lowest BCUT2D eigenvalue weighted by molar-refractivity contribution is 0.496.